The van der Waals surface area contributed by atoms with Gasteiger partial charge in [0, 0.05) is 5.69 Å². The molecule has 0 bridgehead atoms. The van der Waals surface area contributed by atoms with Gasteiger partial charge in [0.2, 0.25) is 5.91 Å². The van der Waals surface area contributed by atoms with Crippen LogP contribution in [0.2, 0.25) is 0 Å². The van der Waals surface area contributed by atoms with Crippen LogP contribution in [0.25, 0.3) is 10.2 Å². The third-order valence-electron chi connectivity index (χ3n) is 4.83. The number of carbonyl (C=O) groups excluding carboxylic acids is 3. The van der Waals surface area contributed by atoms with Gasteiger partial charge in [-0.05, 0) is 49.1 Å². The molecule has 3 aromatic rings. The molecule has 0 radical (unpaired) electrons. The fourth-order valence-electron chi connectivity index (χ4n) is 3.23. The summed E-state index contributed by atoms with van der Waals surface area (Å²) in [5.74, 6) is -1.52. The Morgan fingerprint density at radius 2 is 2.00 bits per heavy atom. The third-order valence-corrected chi connectivity index (χ3v) is 6.83. The molecule has 1 aliphatic heterocycles. The lowest BCUT2D eigenvalue weighted by molar-refractivity contribution is -0.133. The lowest BCUT2D eigenvalue weighted by atomic mass is 9.92. The first kappa shape index (κ1) is 20.3. The average molecular weight is 445 g/mol. The maximum atomic E-state index is 13.2. The minimum Gasteiger partial charge on any atom is -0.324 e. The number of benzene rings is 2. The SMILES string of the molecule is CSc1nc2ccc(NC(=O)CN3C(=O)NC(C)(c4ccc(F)cc4)C3=O)cc2s1. The van der Waals surface area contributed by atoms with Gasteiger partial charge in [-0.25, -0.2) is 14.2 Å². The van der Waals surface area contributed by atoms with Crippen LogP contribution >= 0.6 is 23.1 Å². The summed E-state index contributed by atoms with van der Waals surface area (Å²) < 4.78 is 15.1. The maximum absolute atomic E-state index is 13.2. The van der Waals surface area contributed by atoms with E-state index in [1.54, 1.807) is 30.0 Å². The molecular formula is C20H17FN4O3S2. The number of imide groups is 1. The number of anilines is 1. The number of fused-ring (bicyclic) bond motifs is 1. The van der Waals surface area contributed by atoms with Crippen molar-refractivity contribution < 1.29 is 18.8 Å². The molecule has 10 heteroatoms. The topological polar surface area (TPSA) is 91.4 Å². The van der Waals surface area contributed by atoms with Crippen LogP contribution < -0.4 is 10.6 Å². The lowest BCUT2D eigenvalue weighted by Crippen LogP contribution is -2.42. The van der Waals surface area contributed by atoms with E-state index in [2.05, 4.69) is 15.6 Å². The molecule has 1 fully saturated rings. The molecule has 2 aromatic carbocycles. The highest BCUT2D eigenvalue weighted by molar-refractivity contribution is 8.00. The summed E-state index contributed by atoms with van der Waals surface area (Å²) in [5.41, 5.74) is 0.468. The second kappa shape index (κ2) is 7.69. The van der Waals surface area contributed by atoms with Crippen LogP contribution in [0.3, 0.4) is 0 Å². The summed E-state index contributed by atoms with van der Waals surface area (Å²) in [5, 5.41) is 5.31. The standard InChI is InChI=1S/C20H17FN4O3S2/c1-20(11-3-5-12(21)6-4-11)17(27)25(18(28)24-20)10-16(26)22-13-7-8-14-15(9-13)30-19(23-14)29-2/h3-9H,10H2,1-2H3,(H,22,26)(H,24,28). The van der Waals surface area contributed by atoms with Crippen LogP contribution in [0.5, 0.6) is 0 Å². The highest BCUT2D eigenvalue weighted by Crippen LogP contribution is 2.31. The van der Waals surface area contributed by atoms with Gasteiger partial charge in [-0.1, -0.05) is 23.9 Å². The number of hydrogen-bond acceptors (Lipinski definition) is 6. The second-order valence-corrected chi connectivity index (χ2v) is 8.95. The summed E-state index contributed by atoms with van der Waals surface area (Å²) in [6.07, 6.45) is 1.94. The van der Waals surface area contributed by atoms with Gasteiger partial charge in [0.1, 0.15) is 17.9 Å². The number of urea groups is 1. The van der Waals surface area contributed by atoms with E-state index in [1.807, 2.05) is 6.26 Å². The smallest absolute Gasteiger partial charge is 0.324 e. The van der Waals surface area contributed by atoms with Gasteiger partial charge >= 0.3 is 6.03 Å². The van der Waals surface area contributed by atoms with Crippen molar-refractivity contribution in [1.82, 2.24) is 15.2 Å². The summed E-state index contributed by atoms with van der Waals surface area (Å²) >= 11 is 3.06. The first-order valence-electron chi connectivity index (χ1n) is 8.95. The van der Waals surface area contributed by atoms with Crippen molar-refractivity contribution in [2.75, 3.05) is 18.1 Å². The van der Waals surface area contributed by atoms with Gasteiger partial charge in [0.25, 0.3) is 5.91 Å². The number of aromatic nitrogens is 1. The van der Waals surface area contributed by atoms with Crippen molar-refractivity contribution >= 4 is 56.8 Å². The zero-order valence-electron chi connectivity index (χ0n) is 16.1. The highest BCUT2D eigenvalue weighted by Gasteiger charge is 2.49. The number of nitrogens with zero attached hydrogens (tertiary/aromatic N) is 2. The lowest BCUT2D eigenvalue weighted by Gasteiger charge is -2.22. The predicted octanol–water partition coefficient (Wildman–Crippen LogP) is 3.56. The van der Waals surface area contributed by atoms with Gasteiger partial charge in [0.05, 0.1) is 10.2 Å². The van der Waals surface area contributed by atoms with Crippen LogP contribution in [0.15, 0.2) is 46.8 Å². The number of hydrogen-bond donors (Lipinski definition) is 2. The zero-order chi connectivity index (χ0) is 21.5. The fraction of sp³-hybridized carbons (Fsp3) is 0.200. The summed E-state index contributed by atoms with van der Waals surface area (Å²) in [6.45, 7) is 1.09. The Morgan fingerprint density at radius 1 is 1.27 bits per heavy atom. The highest BCUT2D eigenvalue weighted by atomic mass is 32.2. The van der Waals surface area contributed by atoms with Gasteiger partial charge < -0.3 is 10.6 Å². The van der Waals surface area contributed by atoms with Crippen molar-refractivity contribution in [3.63, 3.8) is 0 Å². The quantitative estimate of drug-likeness (QED) is 0.464. The molecule has 0 saturated carbocycles. The van der Waals surface area contributed by atoms with E-state index in [1.165, 1.54) is 42.5 Å². The van der Waals surface area contributed by atoms with Crippen molar-refractivity contribution in [1.29, 1.82) is 0 Å². The Hall–Kier alpha value is -2.98. The molecular weight excluding hydrogens is 427 g/mol. The van der Waals surface area contributed by atoms with E-state index < -0.39 is 35.7 Å². The molecule has 7 nitrogen and oxygen atoms in total. The average Bonchev–Trinajstić information content (AvgIpc) is 3.22. The van der Waals surface area contributed by atoms with E-state index >= 15 is 0 Å². The number of thioether (sulfide) groups is 1. The fourth-order valence-corrected chi connectivity index (χ4v) is 4.76. The molecule has 1 unspecified atom stereocenters. The molecule has 2 heterocycles. The molecule has 1 aliphatic rings. The van der Waals surface area contributed by atoms with Crippen LogP contribution in [0.4, 0.5) is 14.9 Å². The molecule has 1 aromatic heterocycles. The number of halogens is 1. The Balaban J connectivity index is 1.48. The minimum absolute atomic E-state index is 0.432. The first-order chi connectivity index (χ1) is 14.3. The number of amides is 4. The van der Waals surface area contributed by atoms with Crippen LogP contribution in [0.1, 0.15) is 12.5 Å². The normalized spacial score (nSPS) is 18.7. The van der Waals surface area contributed by atoms with Crippen LogP contribution in [0, 0.1) is 5.82 Å². The van der Waals surface area contributed by atoms with Crippen molar-refractivity contribution in [2.24, 2.45) is 0 Å². The number of thiazole rings is 1. The van der Waals surface area contributed by atoms with E-state index in [9.17, 15) is 18.8 Å². The molecule has 4 rings (SSSR count). The monoisotopic (exact) mass is 444 g/mol. The Morgan fingerprint density at radius 3 is 2.70 bits per heavy atom. The molecule has 1 atom stereocenters. The van der Waals surface area contributed by atoms with Crippen LogP contribution in [-0.4, -0.2) is 40.5 Å². The van der Waals surface area contributed by atoms with Gasteiger partial charge in [-0.3, -0.25) is 14.5 Å². The molecule has 154 valence electrons. The predicted molar refractivity (Wildman–Crippen MR) is 114 cm³/mol. The maximum Gasteiger partial charge on any atom is 0.325 e. The summed E-state index contributed by atoms with van der Waals surface area (Å²) in [7, 11) is 0. The van der Waals surface area contributed by atoms with Crippen molar-refractivity contribution in [2.45, 2.75) is 16.8 Å². The summed E-state index contributed by atoms with van der Waals surface area (Å²) in [6, 6.07) is 9.96. The first-order valence-corrected chi connectivity index (χ1v) is 11.0. The van der Waals surface area contributed by atoms with E-state index in [0.29, 0.717) is 11.3 Å². The molecule has 30 heavy (non-hydrogen) atoms. The zero-order valence-corrected chi connectivity index (χ0v) is 17.7. The molecule has 0 aliphatic carbocycles. The van der Waals surface area contributed by atoms with E-state index in [4.69, 9.17) is 0 Å². The van der Waals surface area contributed by atoms with Gasteiger partial charge in [-0.2, -0.15) is 0 Å². The molecule has 1 saturated heterocycles. The van der Waals surface area contributed by atoms with Crippen molar-refractivity contribution in [3.8, 4) is 0 Å². The third kappa shape index (κ3) is 3.63. The molecule has 2 N–H and O–H groups in total. The Kier molecular flexibility index (Phi) is 5.20. The van der Waals surface area contributed by atoms with Crippen LogP contribution in [-0.2, 0) is 15.1 Å². The largest absolute Gasteiger partial charge is 0.325 e. The van der Waals surface area contributed by atoms with E-state index in [0.717, 1.165) is 19.5 Å². The second-order valence-electron chi connectivity index (χ2n) is 6.87. The van der Waals surface area contributed by atoms with Crippen molar-refractivity contribution in [3.05, 3.63) is 53.8 Å². The summed E-state index contributed by atoms with van der Waals surface area (Å²) in [4.78, 5) is 43.1. The Labute approximate surface area is 179 Å². The van der Waals surface area contributed by atoms with Gasteiger partial charge in [-0.15, -0.1) is 11.3 Å². The number of nitrogens with one attached hydrogen (secondary N) is 2. The molecule has 4 amide bonds. The van der Waals surface area contributed by atoms with Gasteiger partial charge in [0.15, 0.2) is 4.34 Å². The number of rotatable bonds is 5. The van der Waals surface area contributed by atoms with E-state index in [-0.39, 0.29) is 0 Å². The Bertz CT molecular complexity index is 1160. The number of carbonyl (C=O) groups is 3. The minimum atomic E-state index is -1.36. The molecule has 0 spiro atoms.